The first-order valence-corrected chi connectivity index (χ1v) is 7.82. The number of para-hydroxylation sites is 1. The second-order valence-electron chi connectivity index (χ2n) is 5.84. The molecule has 2 aromatic carbocycles. The summed E-state index contributed by atoms with van der Waals surface area (Å²) in [4.78, 5) is 12.2. The van der Waals surface area contributed by atoms with Crippen LogP contribution in [0.3, 0.4) is 0 Å². The van der Waals surface area contributed by atoms with E-state index >= 15 is 0 Å². The normalized spacial score (nSPS) is 11.3. The second-order valence-corrected chi connectivity index (χ2v) is 5.84. The van der Waals surface area contributed by atoms with Crippen LogP contribution in [-0.2, 0) is 18.4 Å². The van der Waals surface area contributed by atoms with Crippen LogP contribution < -0.4 is 5.32 Å². The molecule has 4 nitrogen and oxygen atoms in total. The van der Waals surface area contributed by atoms with Gasteiger partial charge in [0.1, 0.15) is 0 Å². The van der Waals surface area contributed by atoms with Crippen molar-refractivity contribution < 1.29 is 9.90 Å². The van der Waals surface area contributed by atoms with Gasteiger partial charge >= 0.3 is 0 Å². The number of hydrogen-bond donors (Lipinski definition) is 2. The fraction of sp³-hybridized carbons (Fsp3) is 0.150. The summed E-state index contributed by atoms with van der Waals surface area (Å²) in [5, 5.41) is 13.2. The monoisotopic (exact) mass is 320 g/mol. The number of aryl methyl sites for hydroxylation is 2. The number of carbonyl (C=O) groups excluding carboxylic acids is 1. The van der Waals surface area contributed by atoms with E-state index in [9.17, 15) is 9.90 Å². The van der Waals surface area contributed by atoms with Gasteiger partial charge in [-0.3, -0.25) is 4.79 Å². The van der Waals surface area contributed by atoms with E-state index in [2.05, 4.69) is 11.4 Å². The molecule has 0 unspecified atom stereocenters. The van der Waals surface area contributed by atoms with E-state index in [-0.39, 0.29) is 12.5 Å². The van der Waals surface area contributed by atoms with Gasteiger partial charge in [-0.2, -0.15) is 0 Å². The molecule has 4 heteroatoms. The van der Waals surface area contributed by atoms with E-state index in [1.54, 1.807) is 6.07 Å². The maximum absolute atomic E-state index is 12.2. The van der Waals surface area contributed by atoms with Gasteiger partial charge in [-0.1, -0.05) is 30.3 Å². The summed E-state index contributed by atoms with van der Waals surface area (Å²) in [6.45, 7) is 1.88. The van der Waals surface area contributed by atoms with Gasteiger partial charge in [-0.15, -0.1) is 0 Å². The summed E-state index contributed by atoms with van der Waals surface area (Å²) in [6.07, 6.45) is 5.36. The highest BCUT2D eigenvalue weighted by Crippen LogP contribution is 2.22. The molecular formula is C20H20N2O2. The van der Waals surface area contributed by atoms with E-state index in [1.807, 2.05) is 61.1 Å². The second kappa shape index (κ2) is 6.72. The Morgan fingerprint density at radius 3 is 2.83 bits per heavy atom. The lowest BCUT2D eigenvalue weighted by atomic mass is 10.1. The van der Waals surface area contributed by atoms with Crippen molar-refractivity contribution in [3.05, 3.63) is 71.4 Å². The average Bonchev–Trinajstić information content (AvgIpc) is 2.91. The Hall–Kier alpha value is -2.85. The van der Waals surface area contributed by atoms with Gasteiger partial charge in [0.25, 0.3) is 0 Å². The Bertz CT molecular complexity index is 923. The molecule has 3 aromatic rings. The lowest BCUT2D eigenvalue weighted by Gasteiger charge is -2.08. The van der Waals surface area contributed by atoms with Gasteiger partial charge in [0, 0.05) is 41.5 Å². The SMILES string of the molecule is Cc1ccc(CO)cc1NC(=O)/C=C/c1cn(C)c2ccccc12. The molecule has 2 N–H and O–H groups in total. The predicted molar refractivity (Wildman–Crippen MR) is 97.7 cm³/mol. The number of fused-ring (bicyclic) bond motifs is 1. The largest absolute Gasteiger partial charge is 0.392 e. The van der Waals surface area contributed by atoms with E-state index in [0.29, 0.717) is 5.69 Å². The van der Waals surface area contributed by atoms with E-state index < -0.39 is 0 Å². The number of hydrogen-bond acceptors (Lipinski definition) is 2. The van der Waals surface area contributed by atoms with Gasteiger partial charge in [-0.05, 0) is 36.3 Å². The number of amides is 1. The number of carbonyl (C=O) groups is 1. The topological polar surface area (TPSA) is 54.3 Å². The molecule has 0 aliphatic heterocycles. The fourth-order valence-corrected chi connectivity index (χ4v) is 2.75. The van der Waals surface area contributed by atoms with Crippen molar-refractivity contribution >= 4 is 28.6 Å². The summed E-state index contributed by atoms with van der Waals surface area (Å²) in [7, 11) is 1.99. The van der Waals surface area contributed by atoms with Crippen LogP contribution in [0.5, 0.6) is 0 Å². The fourth-order valence-electron chi connectivity index (χ4n) is 2.75. The Labute approximate surface area is 141 Å². The van der Waals surface area contributed by atoms with Gasteiger partial charge in [-0.25, -0.2) is 0 Å². The molecule has 0 fully saturated rings. The minimum atomic E-state index is -0.193. The molecule has 3 rings (SSSR count). The Balaban J connectivity index is 1.80. The van der Waals surface area contributed by atoms with Crippen LogP contribution in [0.4, 0.5) is 5.69 Å². The highest BCUT2D eigenvalue weighted by molar-refractivity contribution is 6.03. The van der Waals surface area contributed by atoms with E-state index in [0.717, 1.165) is 27.6 Å². The minimum Gasteiger partial charge on any atom is -0.392 e. The highest BCUT2D eigenvalue weighted by atomic mass is 16.3. The highest BCUT2D eigenvalue weighted by Gasteiger charge is 2.05. The van der Waals surface area contributed by atoms with Crippen LogP contribution in [0.25, 0.3) is 17.0 Å². The molecule has 0 saturated heterocycles. The Morgan fingerprint density at radius 2 is 2.04 bits per heavy atom. The molecule has 0 aliphatic carbocycles. The van der Waals surface area contributed by atoms with Crippen molar-refractivity contribution in [3.63, 3.8) is 0 Å². The Kier molecular flexibility index (Phi) is 4.49. The smallest absolute Gasteiger partial charge is 0.248 e. The summed E-state index contributed by atoms with van der Waals surface area (Å²) >= 11 is 0. The molecule has 0 spiro atoms. The molecule has 24 heavy (non-hydrogen) atoms. The summed E-state index contributed by atoms with van der Waals surface area (Å²) in [5.74, 6) is -0.193. The van der Waals surface area contributed by atoms with Crippen LogP contribution in [0.1, 0.15) is 16.7 Å². The van der Waals surface area contributed by atoms with Crippen molar-refractivity contribution in [2.75, 3.05) is 5.32 Å². The Morgan fingerprint density at radius 1 is 1.25 bits per heavy atom. The standard InChI is InChI=1S/C20H20N2O2/c1-14-7-8-15(13-23)11-18(14)21-20(24)10-9-16-12-22(2)19-6-4-3-5-17(16)19/h3-12,23H,13H2,1-2H3,(H,21,24)/b10-9+. The maximum atomic E-state index is 12.2. The van der Waals surface area contributed by atoms with Crippen molar-refractivity contribution in [2.24, 2.45) is 7.05 Å². The molecule has 0 saturated carbocycles. The zero-order valence-corrected chi connectivity index (χ0v) is 13.8. The number of anilines is 1. The molecule has 122 valence electrons. The van der Waals surface area contributed by atoms with Crippen molar-refractivity contribution in [2.45, 2.75) is 13.5 Å². The minimum absolute atomic E-state index is 0.0466. The zero-order valence-electron chi connectivity index (χ0n) is 13.8. The van der Waals surface area contributed by atoms with Gasteiger partial charge in [0.05, 0.1) is 6.61 Å². The van der Waals surface area contributed by atoms with Gasteiger partial charge in [0.15, 0.2) is 0 Å². The van der Waals surface area contributed by atoms with Crippen LogP contribution in [0.15, 0.2) is 54.7 Å². The molecule has 0 bridgehead atoms. The third-order valence-corrected chi connectivity index (χ3v) is 4.08. The van der Waals surface area contributed by atoms with Crippen molar-refractivity contribution in [1.29, 1.82) is 0 Å². The number of benzene rings is 2. The zero-order chi connectivity index (χ0) is 17.1. The van der Waals surface area contributed by atoms with E-state index in [1.165, 1.54) is 6.08 Å². The number of nitrogens with one attached hydrogen (secondary N) is 1. The van der Waals surface area contributed by atoms with Gasteiger partial charge in [0.2, 0.25) is 5.91 Å². The number of aliphatic hydroxyl groups excluding tert-OH is 1. The molecule has 1 amide bonds. The summed E-state index contributed by atoms with van der Waals surface area (Å²) < 4.78 is 2.04. The third kappa shape index (κ3) is 3.24. The van der Waals surface area contributed by atoms with E-state index in [4.69, 9.17) is 0 Å². The van der Waals surface area contributed by atoms with Crippen molar-refractivity contribution in [3.8, 4) is 0 Å². The molecule has 0 radical (unpaired) electrons. The van der Waals surface area contributed by atoms with Gasteiger partial charge < -0.3 is 15.0 Å². The van der Waals surface area contributed by atoms with Crippen LogP contribution in [-0.4, -0.2) is 15.6 Å². The molecule has 1 aromatic heterocycles. The summed E-state index contributed by atoms with van der Waals surface area (Å²) in [6, 6.07) is 13.6. The number of aromatic nitrogens is 1. The predicted octanol–water partition coefficient (Wildman–Crippen LogP) is 3.63. The number of nitrogens with zero attached hydrogens (tertiary/aromatic N) is 1. The van der Waals surface area contributed by atoms with Crippen LogP contribution >= 0.6 is 0 Å². The van der Waals surface area contributed by atoms with Crippen LogP contribution in [0.2, 0.25) is 0 Å². The lowest BCUT2D eigenvalue weighted by Crippen LogP contribution is -2.09. The molecule has 1 heterocycles. The number of aliphatic hydroxyl groups is 1. The first-order valence-electron chi connectivity index (χ1n) is 7.82. The number of rotatable bonds is 4. The lowest BCUT2D eigenvalue weighted by molar-refractivity contribution is -0.111. The molecule has 0 aliphatic rings. The summed E-state index contributed by atoms with van der Waals surface area (Å²) in [5.41, 5.74) is 4.58. The third-order valence-electron chi connectivity index (χ3n) is 4.08. The average molecular weight is 320 g/mol. The molecule has 0 atom stereocenters. The maximum Gasteiger partial charge on any atom is 0.248 e. The molecular weight excluding hydrogens is 300 g/mol. The van der Waals surface area contributed by atoms with Crippen LogP contribution in [0, 0.1) is 6.92 Å². The first-order chi connectivity index (χ1) is 11.6. The first kappa shape index (κ1) is 16.0. The quantitative estimate of drug-likeness (QED) is 0.721. The van der Waals surface area contributed by atoms with Crippen molar-refractivity contribution in [1.82, 2.24) is 4.57 Å².